The molecule has 108 valence electrons. The number of hydrogen-bond acceptors (Lipinski definition) is 3. The van der Waals surface area contributed by atoms with Crippen LogP contribution in [0.3, 0.4) is 0 Å². The maximum atomic E-state index is 6.27. The van der Waals surface area contributed by atoms with Crippen molar-refractivity contribution in [1.29, 1.82) is 0 Å². The fourth-order valence-electron chi connectivity index (χ4n) is 3.69. The van der Waals surface area contributed by atoms with E-state index in [4.69, 9.17) is 10.7 Å². The van der Waals surface area contributed by atoms with Gasteiger partial charge in [-0.1, -0.05) is 20.8 Å². The molecule has 0 amide bonds. The van der Waals surface area contributed by atoms with Crippen molar-refractivity contribution in [1.82, 2.24) is 14.5 Å². The number of imidazole rings is 1. The van der Waals surface area contributed by atoms with Crippen molar-refractivity contribution < 1.29 is 0 Å². The number of fused-ring (bicyclic) bond motifs is 1. The van der Waals surface area contributed by atoms with Gasteiger partial charge in [0, 0.05) is 25.2 Å². The predicted octanol–water partition coefficient (Wildman–Crippen LogP) is 2.84. The van der Waals surface area contributed by atoms with E-state index in [0.717, 1.165) is 23.9 Å². The van der Waals surface area contributed by atoms with Gasteiger partial charge >= 0.3 is 0 Å². The Morgan fingerprint density at radius 2 is 2.10 bits per heavy atom. The van der Waals surface area contributed by atoms with E-state index in [2.05, 4.69) is 37.4 Å². The summed E-state index contributed by atoms with van der Waals surface area (Å²) in [5.41, 5.74) is 8.59. The zero-order chi connectivity index (χ0) is 14.5. The number of rotatable bonds is 1. The number of hydrogen-bond donors (Lipinski definition) is 1. The van der Waals surface area contributed by atoms with Crippen molar-refractivity contribution in [3.8, 4) is 0 Å². The normalized spacial score (nSPS) is 29.8. The molecule has 2 heterocycles. The van der Waals surface area contributed by atoms with Gasteiger partial charge < -0.3 is 10.3 Å². The minimum absolute atomic E-state index is 0.167. The van der Waals surface area contributed by atoms with E-state index >= 15 is 0 Å². The highest BCUT2D eigenvalue weighted by Crippen LogP contribution is 2.49. The fourth-order valence-corrected chi connectivity index (χ4v) is 3.69. The summed E-state index contributed by atoms with van der Waals surface area (Å²) in [6, 6.07) is 2.34. The summed E-state index contributed by atoms with van der Waals surface area (Å²) in [6.45, 7) is 6.94. The lowest BCUT2D eigenvalue weighted by molar-refractivity contribution is 0.0936. The summed E-state index contributed by atoms with van der Waals surface area (Å²) in [4.78, 5) is 9.03. The maximum absolute atomic E-state index is 6.27. The zero-order valence-corrected chi connectivity index (χ0v) is 12.8. The molecule has 4 heteroatoms. The van der Waals surface area contributed by atoms with Gasteiger partial charge in [0.1, 0.15) is 11.3 Å². The highest BCUT2D eigenvalue weighted by atomic mass is 15.1. The third-order valence-corrected chi connectivity index (χ3v) is 5.53. The van der Waals surface area contributed by atoms with Crippen LogP contribution < -0.4 is 5.73 Å². The summed E-state index contributed by atoms with van der Waals surface area (Å²) < 4.78 is 2.23. The second-order valence-corrected chi connectivity index (χ2v) is 6.80. The van der Waals surface area contributed by atoms with Crippen molar-refractivity contribution in [2.45, 2.75) is 45.6 Å². The van der Waals surface area contributed by atoms with Crippen LogP contribution in [0.5, 0.6) is 0 Å². The minimum Gasteiger partial charge on any atom is -0.331 e. The van der Waals surface area contributed by atoms with Gasteiger partial charge in [-0.05, 0) is 30.2 Å². The van der Waals surface area contributed by atoms with E-state index in [1.807, 2.05) is 18.5 Å². The van der Waals surface area contributed by atoms with Crippen LogP contribution in [-0.2, 0) is 7.05 Å². The standard InChI is InChI=1S/C16H24N4/c1-10-12(17)6-5-11(16(10,2)3)15-19-13-9-18-8-7-14(13)20(15)4/h7-12H,5-6,17H2,1-4H3. The lowest BCUT2D eigenvalue weighted by atomic mass is 9.61. The van der Waals surface area contributed by atoms with Gasteiger partial charge in [-0.3, -0.25) is 4.98 Å². The number of aromatic nitrogens is 3. The first-order valence-corrected chi connectivity index (χ1v) is 7.45. The Hall–Kier alpha value is -1.42. The quantitative estimate of drug-likeness (QED) is 0.868. The first kappa shape index (κ1) is 13.6. The van der Waals surface area contributed by atoms with Crippen molar-refractivity contribution in [2.75, 3.05) is 0 Å². The summed E-state index contributed by atoms with van der Waals surface area (Å²) >= 11 is 0. The highest BCUT2D eigenvalue weighted by Gasteiger charge is 2.44. The molecule has 4 nitrogen and oxygen atoms in total. The largest absolute Gasteiger partial charge is 0.331 e. The van der Waals surface area contributed by atoms with Crippen LogP contribution in [0.15, 0.2) is 18.5 Å². The first-order valence-electron chi connectivity index (χ1n) is 7.45. The molecule has 0 bridgehead atoms. The molecule has 0 radical (unpaired) electrons. The monoisotopic (exact) mass is 272 g/mol. The molecule has 2 aromatic rings. The molecule has 3 atom stereocenters. The number of pyridine rings is 1. The van der Waals surface area contributed by atoms with Crippen molar-refractivity contribution in [2.24, 2.45) is 24.1 Å². The molecule has 0 saturated heterocycles. The predicted molar refractivity (Wildman–Crippen MR) is 81.4 cm³/mol. The number of nitrogens with two attached hydrogens (primary N) is 1. The van der Waals surface area contributed by atoms with Crippen LogP contribution in [0.4, 0.5) is 0 Å². The summed E-state index contributed by atoms with van der Waals surface area (Å²) in [7, 11) is 2.11. The van der Waals surface area contributed by atoms with Crippen LogP contribution in [-0.4, -0.2) is 20.6 Å². The third-order valence-electron chi connectivity index (χ3n) is 5.53. The Kier molecular flexibility index (Phi) is 3.09. The van der Waals surface area contributed by atoms with Gasteiger partial charge in [0.15, 0.2) is 0 Å². The van der Waals surface area contributed by atoms with Gasteiger partial charge in [-0.2, -0.15) is 0 Å². The summed E-state index contributed by atoms with van der Waals surface area (Å²) in [5.74, 6) is 2.13. The second-order valence-electron chi connectivity index (χ2n) is 6.80. The Balaban J connectivity index is 2.08. The van der Waals surface area contributed by atoms with Crippen LogP contribution in [0.2, 0.25) is 0 Å². The molecule has 0 aromatic carbocycles. The van der Waals surface area contributed by atoms with Crippen molar-refractivity contribution in [3.05, 3.63) is 24.3 Å². The van der Waals surface area contributed by atoms with E-state index in [0.29, 0.717) is 17.9 Å². The number of aryl methyl sites for hydroxylation is 1. The number of nitrogens with zero attached hydrogens (tertiary/aromatic N) is 3. The molecule has 20 heavy (non-hydrogen) atoms. The van der Waals surface area contributed by atoms with E-state index in [-0.39, 0.29) is 5.41 Å². The van der Waals surface area contributed by atoms with Gasteiger partial charge in [0.2, 0.25) is 0 Å². The van der Waals surface area contributed by atoms with Gasteiger partial charge in [0.05, 0.1) is 11.7 Å². The van der Waals surface area contributed by atoms with E-state index in [1.165, 1.54) is 5.82 Å². The van der Waals surface area contributed by atoms with E-state index in [9.17, 15) is 0 Å². The molecule has 3 unspecified atom stereocenters. The Bertz CT molecular complexity index is 628. The van der Waals surface area contributed by atoms with Gasteiger partial charge in [-0.25, -0.2) is 4.98 Å². The zero-order valence-electron chi connectivity index (χ0n) is 12.8. The Morgan fingerprint density at radius 1 is 1.35 bits per heavy atom. The molecule has 1 fully saturated rings. The van der Waals surface area contributed by atoms with E-state index < -0.39 is 0 Å². The van der Waals surface area contributed by atoms with E-state index in [1.54, 1.807) is 0 Å². The lowest BCUT2D eigenvalue weighted by Gasteiger charge is -2.46. The topological polar surface area (TPSA) is 56.7 Å². The fraction of sp³-hybridized carbons (Fsp3) is 0.625. The third kappa shape index (κ3) is 1.85. The minimum atomic E-state index is 0.167. The van der Waals surface area contributed by atoms with Crippen LogP contribution >= 0.6 is 0 Å². The molecule has 1 aliphatic rings. The van der Waals surface area contributed by atoms with Crippen LogP contribution in [0.1, 0.15) is 45.4 Å². The van der Waals surface area contributed by atoms with Crippen LogP contribution in [0.25, 0.3) is 11.0 Å². The van der Waals surface area contributed by atoms with Gasteiger partial charge in [0.25, 0.3) is 0 Å². The Labute approximate surface area is 120 Å². The van der Waals surface area contributed by atoms with Gasteiger partial charge in [-0.15, -0.1) is 0 Å². The second kappa shape index (κ2) is 4.55. The molecule has 0 aliphatic heterocycles. The maximum Gasteiger partial charge on any atom is 0.113 e. The summed E-state index contributed by atoms with van der Waals surface area (Å²) in [6.07, 6.45) is 5.88. The highest BCUT2D eigenvalue weighted by molar-refractivity contribution is 5.74. The average molecular weight is 272 g/mol. The molecular formula is C16H24N4. The molecule has 0 spiro atoms. The van der Waals surface area contributed by atoms with Crippen molar-refractivity contribution in [3.63, 3.8) is 0 Å². The Morgan fingerprint density at radius 3 is 2.80 bits per heavy atom. The smallest absolute Gasteiger partial charge is 0.113 e. The van der Waals surface area contributed by atoms with Crippen LogP contribution in [0, 0.1) is 11.3 Å². The molecular weight excluding hydrogens is 248 g/mol. The average Bonchev–Trinajstić information content (AvgIpc) is 2.74. The lowest BCUT2D eigenvalue weighted by Crippen LogP contribution is -2.46. The molecule has 2 aromatic heterocycles. The SMILES string of the molecule is CC1C(N)CCC(c2nc3cnccc3n2C)C1(C)C. The molecule has 2 N–H and O–H groups in total. The molecule has 1 aliphatic carbocycles. The van der Waals surface area contributed by atoms with Crippen molar-refractivity contribution >= 4 is 11.0 Å². The first-order chi connectivity index (χ1) is 9.43. The molecule has 3 rings (SSSR count). The molecule has 1 saturated carbocycles. The summed E-state index contributed by atoms with van der Waals surface area (Å²) in [5, 5.41) is 0.